The van der Waals surface area contributed by atoms with E-state index in [1.54, 1.807) is 0 Å². The van der Waals surface area contributed by atoms with Crippen molar-refractivity contribution in [2.75, 3.05) is 11.4 Å². The van der Waals surface area contributed by atoms with Crippen LogP contribution in [-0.4, -0.2) is 10.8 Å². The summed E-state index contributed by atoms with van der Waals surface area (Å²) in [7, 11) is -1.13. The topological polar surface area (TPSA) is 20.3 Å². The standard InChI is InChI=1S/C18H15NOS/c1-2-19-15-9-5-6-10-17(15)21(20)18-14-8-4-3-7-13(14)11-12-16(18)19/h3-12H,2H2,1H3. The molecule has 1 unspecified atom stereocenters. The second-order valence-electron chi connectivity index (χ2n) is 5.12. The van der Waals surface area contributed by atoms with E-state index in [4.69, 9.17) is 0 Å². The zero-order chi connectivity index (χ0) is 14.4. The minimum atomic E-state index is -1.13. The third-order valence-corrected chi connectivity index (χ3v) is 5.55. The van der Waals surface area contributed by atoms with Crippen LogP contribution >= 0.6 is 0 Å². The molecular weight excluding hydrogens is 278 g/mol. The number of para-hydroxylation sites is 1. The average molecular weight is 293 g/mol. The molecule has 0 fully saturated rings. The molecule has 1 aliphatic rings. The lowest BCUT2D eigenvalue weighted by Crippen LogP contribution is -2.23. The molecule has 0 radical (unpaired) electrons. The molecule has 0 saturated carbocycles. The maximum absolute atomic E-state index is 13.1. The fourth-order valence-electron chi connectivity index (χ4n) is 3.06. The molecule has 0 saturated heterocycles. The fourth-order valence-corrected chi connectivity index (χ4v) is 4.60. The summed E-state index contributed by atoms with van der Waals surface area (Å²) in [6.07, 6.45) is 0. The van der Waals surface area contributed by atoms with Gasteiger partial charge in [0.1, 0.15) is 0 Å². The van der Waals surface area contributed by atoms with Gasteiger partial charge in [0, 0.05) is 11.9 Å². The summed E-state index contributed by atoms with van der Waals surface area (Å²) >= 11 is 0. The van der Waals surface area contributed by atoms with Crippen LogP contribution in [0.25, 0.3) is 10.8 Å². The summed E-state index contributed by atoms with van der Waals surface area (Å²) in [6, 6.07) is 20.4. The minimum Gasteiger partial charge on any atom is -0.340 e. The predicted molar refractivity (Wildman–Crippen MR) is 87.7 cm³/mol. The van der Waals surface area contributed by atoms with Gasteiger partial charge in [-0.05, 0) is 30.5 Å². The van der Waals surface area contributed by atoms with E-state index in [-0.39, 0.29) is 0 Å². The first-order chi connectivity index (χ1) is 10.3. The highest BCUT2D eigenvalue weighted by atomic mass is 32.2. The van der Waals surface area contributed by atoms with Crippen molar-refractivity contribution in [3.05, 3.63) is 60.7 Å². The van der Waals surface area contributed by atoms with Crippen LogP contribution in [-0.2, 0) is 10.8 Å². The molecule has 2 nitrogen and oxygen atoms in total. The van der Waals surface area contributed by atoms with Crippen LogP contribution in [0.3, 0.4) is 0 Å². The molecule has 0 bridgehead atoms. The number of nitrogens with zero attached hydrogens (tertiary/aromatic N) is 1. The molecule has 0 amide bonds. The summed E-state index contributed by atoms with van der Waals surface area (Å²) in [5.41, 5.74) is 2.12. The number of anilines is 2. The Labute approximate surface area is 126 Å². The maximum Gasteiger partial charge on any atom is 0.0898 e. The van der Waals surface area contributed by atoms with Gasteiger partial charge in [0.25, 0.3) is 0 Å². The van der Waals surface area contributed by atoms with Crippen molar-refractivity contribution in [2.45, 2.75) is 16.7 Å². The Kier molecular flexibility index (Phi) is 2.82. The third-order valence-electron chi connectivity index (χ3n) is 4.01. The molecule has 3 aromatic carbocycles. The molecular formula is C18H15NOS. The lowest BCUT2D eigenvalue weighted by molar-refractivity contribution is 0.682. The van der Waals surface area contributed by atoms with Crippen molar-refractivity contribution in [1.29, 1.82) is 0 Å². The van der Waals surface area contributed by atoms with Crippen LogP contribution in [0.4, 0.5) is 11.4 Å². The van der Waals surface area contributed by atoms with E-state index in [0.29, 0.717) is 0 Å². The minimum absolute atomic E-state index is 0.861. The first-order valence-corrected chi connectivity index (χ1v) is 8.26. The molecule has 0 spiro atoms. The number of hydrogen-bond donors (Lipinski definition) is 0. The van der Waals surface area contributed by atoms with E-state index in [9.17, 15) is 4.21 Å². The second-order valence-corrected chi connectivity index (χ2v) is 6.50. The molecule has 0 aliphatic carbocycles. The van der Waals surface area contributed by atoms with Crippen LogP contribution in [0.5, 0.6) is 0 Å². The van der Waals surface area contributed by atoms with E-state index in [1.807, 2.05) is 30.3 Å². The van der Waals surface area contributed by atoms with Crippen molar-refractivity contribution in [3.63, 3.8) is 0 Å². The highest BCUT2D eigenvalue weighted by Crippen LogP contribution is 2.44. The molecule has 1 aliphatic heterocycles. The van der Waals surface area contributed by atoms with Crippen LogP contribution in [0, 0.1) is 0 Å². The van der Waals surface area contributed by atoms with Crippen molar-refractivity contribution < 1.29 is 4.21 Å². The molecule has 1 atom stereocenters. The first kappa shape index (κ1) is 12.6. The fraction of sp³-hybridized carbons (Fsp3) is 0.111. The van der Waals surface area contributed by atoms with Gasteiger partial charge in [0.2, 0.25) is 0 Å². The quantitative estimate of drug-likeness (QED) is 0.659. The van der Waals surface area contributed by atoms with Crippen LogP contribution in [0.2, 0.25) is 0 Å². The summed E-state index contributed by atoms with van der Waals surface area (Å²) in [5.74, 6) is 0. The number of rotatable bonds is 1. The molecule has 3 aromatic rings. The molecule has 3 heteroatoms. The third kappa shape index (κ3) is 1.74. The van der Waals surface area contributed by atoms with Gasteiger partial charge in [0.15, 0.2) is 0 Å². The summed E-state index contributed by atoms with van der Waals surface area (Å²) < 4.78 is 13.1. The Bertz CT molecular complexity index is 872. The Hall–Kier alpha value is -2.13. The second kappa shape index (κ2) is 4.71. The summed E-state index contributed by atoms with van der Waals surface area (Å²) in [4.78, 5) is 4.09. The normalized spacial score (nSPS) is 16.6. The van der Waals surface area contributed by atoms with Gasteiger partial charge in [-0.3, -0.25) is 0 Å². The van der Waals surface area contributed by atoms with Gasteiger partial charge >= 0.3 is 0 Å². The summed E-state index contributed by atoms with van der Waals surface area (Å²) in [5, 5.41) is 2.22. The van der Waals surface area contributed by atoms with Crippen molar-refractivity contribution >= 4 is 32.9 Å². The van der Waals surface area contributed by atoms with Crippen molar-refractivity contribution in [1.82, 2.24) is 0 Å². The van der Waals surface area contributed by atoms with E-state index in [2.05, 4.69) is 42.2 Å². The zero-order valence-electron chi connectivity index (χ0n) is 11.7. The SMILES string of the molecule is CCN1c2ccccc2S(=O)c2c1ccc1ccccc21. The van der Waals surface area contributed by atoms with E-state index in [0.717, 1.165) is 38.5 Å². The molecule has 0 N–H and O–H groups in total. The Balaban J connectivity index is 2.10. The molecule has 4 rings (SSSR count). The monoisotopic (exact) mass is 293 g/mol. The Morgan fingerprint density at radius 1 is 0.905 bits per heavy atom. The van der Waals surface area contributed by atoms with Gasteiger partial charge in [-0.15, -0.1) is 0 Å². The Morgan fingerprint density at radius 2 is 1.67 bits per heavy atom. The maximum atomic E-state index is 13.1. The summed E-state index contributed by atoms with van der Waals surface area (Å²) in [6.45, 7) is 2.99. The van der Waals surface area contributed by atoms with Gasteiger partial charge in [-0.2, -0.15) is 0 Å². The van der Waals surface area contributed by atoms with E-state index in [1.165, 1.54) is 0 Å². The predicted octanol–water partition coefficient (Wildman–Crippen LogP) is 4.48. The van der Waals surface area contributed by atoms with Crippen molar-refractivity contribution in [2.24, 2.45) is 0 Å². The molecule has 0 aromatic heterocycles. The Morgan fingerprint density at radius 3 is 2.52 bits per heavy atom. The van der Waals surface area contributed by atoms with Gasteiger partial charge in [-0.25, -0.2) is 4.21 Å². The number of benzene rings is 3. The highest BCUT2D eigenvalue weighted by molar-refractivity contribution is 7.85. The number of fused-ring (bicyclic) bond motifs is 4. The van der Waals surface area contributed by atoms with Crippen molar-refractivity contribution in [3.8, 4) is 0 Å². The largest absolute Gasteiger partial charge is 0.340 e. The average Bonchev–Trinajstić information content (AvgIpc) is 2.55. The zero-order valence-corrected chi connectivity index (χ0v) is 12.6. The van der Waals surface area contributed by atoms with Crippen LogP contribution in [0.1, 0.15) is 6.92 Å². The lowest BCUT2D eigenvalue weighted by Gasteiger charge is -2.32. The van der Waals surface area contributed by atoms with Gasteiger partial charge in [0.05, 0.1) is 32.0 Å². The van der Waals surface area contributed by atoms with E-state index >= 15 is 0 Å². The smallest absolute Gasteiger partial charge is 0.0898 e. The first-order valence-electron chi connectivity index (χ1n) is 7.11. The molecule has 21 heavy (non-hydrogen) atoms. The molecule has 104 valence electrons. The van der Waals surface area contributed by atoms with Gasteiger partial charge < -0.3 is 4.90 Å². The van der Waals surface area contributed by atoms with Gasteiger partial charge in [-0.1, -0.05) is 42.5 Å². The van der Waals surface area contributed by atoms with E-state index < -0.39 is 10.8 Å². The van der Waals surface area contributed by atoms with Crippen LogP contribution < -0.4 is 4.90 Å². The molecule has 1 heterocycles. The number of hydrogen-bond acceptors (Lipinski definition) is 2. The van der Waals surface area contributed by atoms with Crippen LogP contribution in [0.15, 0.2) is 70.5 Å². The highest BCUT2D eigenvalue weighted by Gasteiger charge is 2.28. The lowest BCUT2D eigenvalue weighted by atomic mass is 10.1.